The fourth-order valence-corrected chi connectivity index (χ4v) is 17.1. The lowest BCUT2D eigenvalue weighted by Crippen LogP contribution is -2.26. The topological polar surface area (TPSA) is 0 Å². The molecule has 0 radical (unpaired) electrons. The summed E-state index contributed by atoms with van der Waals surface area (Å²) in [6.07, 6.45) is 24.3. The minimum absolute atomic E-state index is 0.0904. The summed E-state index contributed by atoms with van der Waals surface area (Å²) < 4.78 is 0. The Kier molecular flexibility index (Phi) is 20.5. The zero-order chi connectivity index (χ0) is 33.0. The van der Waals surface area contributed by atoms with E-state index in [-0.39, 0.29) is 23.8 Å². The Morgan fingerprint density at radius 1 is 0.326 bits per heavy atom. The van der Waals surface area contributed by atoms with Crippen LogP contribution in [0.4, 0.5) is 0 Å². The maximum atomic E-state index is 2.68. The molecule has 3 aromatic carbocycles. The van der Waals surface area contributed by atoms with E-state index in [1.807, 2.05) is 0 Å². The highest BCUT2D eigenvalue weighted by Crippen LogP contribution is 2.42. The average Bonchev–Trinajstić information content (AvgIpc) is 3.09. The van der Waals surface area contributed by atoms with Crippen molar-refractivity contribution in [2.75, 3.05) is 37.0 Å². The summed E-state index contributed by atoms with van der Waals surface area (Å²) in [5, 5.41) is 9.65. The van der Waals surface area contributed by atoms with E-state index in [1.165, 1.54) is 114 Å². The van der Waals surface area contributed by atoms with Crippen molar-refractivity contribution in [3.63, 3.8) is 0 Å². The fourth-order valence-electron chi connectivity index (χ4n) is 6.14. The minimum Gasteiger partial charge on any atom is -0.0753 e. The van der Waals surface area contributed by atoms with Gasteiger partial charge in [0.15, 0.2) is 0 Å². The third-order valence-electron chi connectivity index (χ3n) is 9.05. The highest BCUT2D eigenvalue weighted by Gasteiger charge is 2.22. The number of unbranched alkanes of at least 4 members (excludes halogenated alkanes) is 6. The Labute approximate surface area is 290 Å². The Hall–Kier alpha value is -0.620. The molecule has 0 aliphatic carbocycles. The van der Waals surface area contributed by atoms with Crippen molar-refractivity contribution < 1.29 is 0 Å². The third kappa shape index (κ3) is 13.0. The van der Waals surface area contributed by atoms with Crippen molar-refractivity contribution in [3.8, 4) is 0 Å². The molecule has 0 N–H and O–H groups in total. The Balaban J connectivity index is 2.14. The standard InChI is InChI=1S/C42H66P4/c1-7-13-28-43(29-14-8-2)37-22-19-25-40(34-37)46(41-26-20-23-38(35-41)44(30-15-9-3)31-16-10-4)42-27-21-24-39(36-42)45(32-17-11-5)33-18-12-6/h19-27,34-36H,7-18,28-33H2,1-6H3. The summed E-state index contributed by atoms with van der Waals surface area (Å²) in [6, 6.07) is 30.1. The van der Waals surface area contributed by atoms with Crippen molar-refractivity contribution in [1.29, 1.82) is 0 Å². The van der Waals surface area contributed by atoms with Gasteiger partial charge in [0, 0.05) is 0 Å². The van der Waals surface area contributed by atoms with Crippen molar-refractivity contribution in [1.82, 2.24) is 0 Å². The molecular formula is C42H66P4. The number of hydrogen-bond acceptors (Lipinski definition) is 0. The second kappa shape index (κ2) is 23.7. The average molecular weight is 695 g/mol. The van der Waals surface area contributed by atoms with Crippen molar-refractivity contribution >= 4 is 63.5 Å². The van der Waals surface area contributed by atoms with E-state index in [9.17, 15) is 0 Å². The van der Waals surface area contributed by atoms with E-state index in [2.05, 4.69) is 114 Å². The molecule has 0 fully saturated rings. The highest BCUT2D eigenvalue weighted by molar-refractivity contribution is 7.80. The molecule has 0 bridgehead atoms. The van der Waals surface area contributed by atoms with Crippen molar-refractivity contribution in [2.45, 2.75) is 119 Å². The summed E-state index contributed by atoms with van der Waals surface area (Å²) in [4.78, 5) is 0. The maximum absolute atomic E-state index is 2.68. The Morgan fingerprint density at radius 2 is 0.543 bits per heavy atom. The quantitative estimate of drug-likeness (QED) is 0.0819. The molecule has 0 atom stereocenters. The van der Waals surface area contributed by atoms with Gasteiger partial charge in [-0.1, -0.05) is 158 Å². The van der Waals surface area contributed by atoms with E-state index >= 15 is 0 Å². The Bertz CT molecular complexity index is 1050. The lowest BCUT2D eigenvalue weighted by Gasteiger charge is -2.26. The van der Waals surface area contributed by atoms with Gasteiger partial charge >= 0.3 is 0 Å². The van der Waals surface area contributed by atoms with Gasteiger partial charge in [0.25, 0.3) is 0 Å². The zero-order valence-corrected chi connectivity index (χ0v) is 34.0. The predicted octanol–water partition coefficient (Wildman–Crippen LogP) is 11.6. The molecule has 3 aromatic rings. The molecule has 0 nitrogen and oxygen atoms in total. The monoisotopic (exact) mass is 694 g/mol. The summed E-state index contributed by atoms with van der Waals surface area (Å²) in [6.45, 7) is 14.1. The van der Waals surface area contributed by atoms with Crippen LogP contribution in [0.5, 0.6) is 0 Å². The van der Waals surface area contributed by atoms with Crippen LogP contribution in [0.2, 0.25) is 0 Å². The molecule has 0 aromatic heterocycles. The van der Waals surface area contributed by atoms with Gasteiger partial charge in [-0.2, -0.15) is 0 Å². The van der Waals surface area contributed by atoms with E-state index < -0.39 is 7.92 Å². The first-order chi connectivity index (χ1) is 22.6. The molecule has 0 aliphatic heterocycles. The summed E-state index contributed by atoms with van der Waals surface area (Å²) in [7, 11) is -0.886. The van der Waals surface area contributed by atoms with Gasteiger partial charge in [-0.15, -0.1) is 0 Å². The molecule has 4 heteroatoms. The lowest BCUT2D eigenvalue weighted by atomic mass is 10.3. The zero-order valence-electron chi connectivity index (χ0n) is 30.4. The number of hydrogen-bond donors (Lipinski definition) is 0. The molecule has 0 amide bonds. The van der Waals surface area contributed by atoms with Crippen LogP contribution in [0, 0.1) is 0 Å². The minimum atomic E-state index is -0.615. The van der Waals surface area contributed by atoms with Crippen molar-refractivity contribution in [3.05, 3.63) is 72.8 Å². The van der Waals surface area contributed by atoms with Crippen molar-refractivity contribution in [2.24, 2.45) is 0 Å². The van der Waals surface area contributed by atoms with Gasteiger partial charge in [-0.05, 0) is 133 Å². The third-order valence-corrected chi connectivity index (χ3v) is 19.6. The van der Waals surface area contributed by atoms with Crippen LogP contribution in [0.3, 0.4) is 0 Å². The summed E-state index contributed by atoms with van der Waals surface area (Å²) >= 11 is 0. The molecule has 0 spiro atoms. The maximum Gasteiger partial charge on any atom is -0.0134 e. The molecule has 0 aliphatic rings. The first-order valence-corrected chi connectivity index (χ1v) is 25.4. The van der Waals surface area contributed by atoms with E-state index in [4.69, 9.17) is 0 Å². The van der Waals surface area contributed by atoms with E-state index in [0.717, 1.165) is 0 Å². The van der Waals surface area contributed by atoms with E-state index in [0.29, 0.717) is 0 Å². The lowest BCUT2D eigenvalue weighted by molar-refractivity contribution is 0.871. The normalized spacial score (nSPS) is 11.9. The van der Waals surface area contributed by atoms with Gasteiger partial charge in [-0.25, -0.2) is 0 Å². The van der Waals surface area contributed by atoms with Crippen LogP contribution in [-0.4, -0.2) is 37.0 Å². The van der Waals surface area contributed by atoms with Gasteiger partial charge in [-0.3, -0.25) is 0 Å². The van der Waals surface area contributed by atoms with Crippen LogP contribution >= 0.6 is 31.7 Å². The molecule has 0 heterocycles. The van der Waals surface area contributed by atoms with E-state index in [1.54, 1.807) is 31.8 Å². The molecule has 3 rings (SSSR count). The first kappa shape index (κ1) is 39.8. The second-order valence-electron chi connectivity index (χ2n) is 13.0. The van der Waals surface area contributed by atoms with Crippen LogP contribution < -0.4 is 31.8 Å². The molecule has 0 saturated heterocycles. The highest BCUT2D eigenvalue weighted by atomic mass is 31.1. The predicted molar refractivity (Wildman–Crippen MR) is 223 cm³/mol. The second-order valence-corrected chi connectivity index (χ2v) is 22.7. The summed E-state index contributed by atoms with van der Waals surface area (Å²) in [5.41, 5.74) is 0. The molecule has 0 unspecified atom stereocenters. The van der Waals surface area contributed by atoms with Gasteiger partial charge < -0.3 is 0 Å². The van der Waals surface area contributed by atoms with Gasteiger partial charge in [0.1, 0.15) is 0 Å². The van der Waals surface area contributed by atoms with Crippen LogP contribution in [0.25, 0.3) is 0 Å². The fraction of sp³-hybridized carbons (Fsp3) is 0.571. The molecule has 254 valence electrons. The van der Waals surface area contributed by atoms with Gasteiger partial charge in [0.2, 0.25) is 0 Å². The molecule has 0 saturated carbocycles. The molecular weight excluding hydrogens is 628 g/mol. The van der Waals surface area contributed by atoms with Crippen LogP contribution in [0.1, 0.15) is 119 Å². The van der Waals surface area contributed by atoms with Crippen LogP contribution in [-0.2, 0) is 0 Å². The number of benzene rings is 3. The van der Waals surface area contributed by atoms with Gasteiger partial charge in [0.05, 0.1) is 0 Å². The largest absolute Gasteiger partial charge is 0.0753 e. The SMILES string of the molecule is CCCCP(CCCC)c1cccc(P(c2cccc(P(CCCC)CCCC)c2)c2cccc(P(CCCC)CCCC)c2)c1. The number of rotatable bonds is 24. The smallest absolute Gasteiger partial charge is 0.0134 e. The molecule has 46 heavy (non-hydrogen) atoms. The van der Waals surface area contributed by atoms with Crippen LogP contribution in [0.15, 0.2) is 72.8 Å². The Morgan fingerprint density at radius 3 is 0.761 bits per heavy atom. The summed E-state index contributed by atoms with van der Waals surface area (Å²) in [5.74, 6) is 0. The first-order valence-electron chi connectivity index (χ1n) is 18.9.